The van der Waals surface area contributed by atoms with Crippen LogP contribution in [-0.2, 0) is 14.3 Å². The summed E-state index contributed by atoms with van der Waals surface area (Å²) in [5.41, 5.74) is 3.33. The lowest BCUT2D eigenvalue weighted by atomic mass is 9.66. The van der Waals surface area contributed by atoms with Crippen molar-refractivity contribution >= 4 is 23.5 Å². The topological polar surface area (TPSA) is 58.6 Å². The van der Waals surface area contributed by atoms with E-state index in [9.17, 15) is 9.59 Å². The summed E-state index contributed by atoms with van der Waals surface area (Å²) in [7, 11) is 0. The minimum Gasteiger partial charge on any atom is -0.378 e. The molecule has 4 rings (SSSR count). The number of carbonyl (C=O) groups is 2. The Morgan fingerprint density at radius 3 is 2.47 bits per heavy atom. The van der Waals surface area contributed by atoms with E-state index in [1.165, 1.54) is 4.90 Å². The van der Waals surface area contributed by atoms with Gasteiger partial charge in [0.05, 0.1) is 19.1 Å². The number of rotatable bonds is 3. The van der Waals surface area contributed by atoms with E-state index >= 15 is 0 Å². The SMILES string of the molecule is CSc1ccc(C2C(C(=O)N3CCOCC3)=C(C)NC3=CC(C)(C)CC(=O)C32)cc1. The maximum absolute atomic E-state index is 13.6. The molecule has 1 fully saturated rings. The van der Waals surface area contributed by atoms with E-state index in [1.54, 1.807) is 11.8 Å². The summed E-state index contributed by atoms with van der Waals surface area (Å²) in [5.74, 6) is -0.406. The number of benzene rings is 1. The van der Waals surface area contributed by atoms with Crippen LogP contribution in [0.4, 0.5) is 0 Å². The standard InChI is InChI=1S/C24H30N2O3S/c1-15-20(23(28)26-9-11-29-12-10-26)21(16-5-7-17(30-4)8-6-16)22-18(25-15)13-24(2,3)14-19(22)27/h5-8,13,21-22,25H,9-12,14H2,1-4H3. The van der Waals surface area contributed by atoms with Crippen LogP contribution in [0.3, 0.4) is 0 Å². The number of thioether (sulfide) groups is 1. The number of carbonyl (C=O) groups excluding carboxylic acids is 2. The molecule has 1 aliphatic carbocycles. The molecule has 0 saturated carbocycles. The van der Waals surface area contributed by atoms with E-state index in [1.807, 2.05) is 18.1 Å². The molecule has 5 nitrogen and oxygen atoms in total. The van der Waals surface area contributed by atoms with Crippen LogP contribution in [0, 0.1) is 11.3 Å². The first-order valence-electron chi connectivity index (χ1n) is 10.5. The molecule has 0 radical (unpaired) electrons. The molecule has 0 spiro atoms. The molecule has 160 valence electrons. The number of nitrogens with zero attached hydrogens (tertiary/aromatic N) is 1. The highest BCUT2D eigenvalue weighted by Gasteiger charge is 2.46. The molecule has 1 N–H and O–H groups in total. The van der Waals surface area contributed by atoms with Gasteiger partial charge in [-0.25, -0.2) is 0 Å². The Kier molecular flexibility index (Phi) is 5.82. The number of morpholine rings is 1. The average molecular weight is 427 g/mol. The smallest absolute Gasteiger partial charge is 0.252 e. The third-order valence-corrected chi connectivity index (χ3v) is 6.99. The molecule has 0 aromatic heterocycles. The maximum Gasteiger partial charge on any atom is 0.252 e. The lowest BCUT2D eigenvalue weighted by molar-refractivity contribution is -0.132. The lowest BCUT2D eigenvalue weighted by Crippen LogP contribution is -2.48. The van der Waals surface area contributed by atoms with E-state index < -0.39 is 0 Å². The minimum atomic E-state index is -0.346. The van der Waals surface area contributed by atoms with Gasteiger partial charge in [0.15, 0.2) is 0 Å². The van der Waals surface area contributed by atoms with Crippen molar-refractivity contribution in [1.82, 2.24) is 10.2 Å². The Bertz CT molecular complexity index is 911. The van der Waals surface area contributed by atoms with Crippen molar-refractivity contribution in [3.8, 4) is 0 Å². The summed E-state index contributed by atoms with van der Waals surface area (Å²) < 4.78 is 5.44. The van der Waals surface area contributed by atoms with Crippen LogP contribution in [0.25, 0.3) is 0 Å². The Hall–Kier alpha value is -2.05. The molecule has 30 heavy (non-hydrogen) atoms. The predicted octanol–water partition coefficient (Wildman–Crippen LogP) is 3.73. The molecule has 2 heterocycles. The fraction of sp³-hybridized carbons (Fsp3) is 0.500. The molecule has 1 aromatic rings. The second-order valence-electron chi connectivity index (χ2n) is 9.03. The van der Waals surface area contributed by atoms with Crippen LogP contribution in [0.15, 0.2) is 52.2 Å². The van der Waals surface area contributed by atoms with Crippen molar-refractivity contribution in [2.24, 2.45) is 11.3 Å². The highest BCUT2D eigenvalue weighted by atomic mass is 32.2. The molecular weight excluding hydrogens is 396 g/mol. The van der Waals surface area contributed by atoms with Crippen molar-refractivity contribution in [2.75, 3.05) is 32.6 Å². The second kappa shape index (κ2) is 8.23. The molecule has 1 aromatic carbocycles. The van der Waals surface area contributed by atoms with E-state index in [0.29, 0.717) is 38.3 Å². The van der Waals surface area contributed by atoms with Gasteiger partial charge in [-0.3, -0.25) is 9.59 Å². The lowest BCUT2D eigenvalue weighted by Gasteiger charge is -2.43. The summed E-state index contributed by atoms with van der Waals surface area (Å²) in [4.78, 5) is 30.0. The normalized spacial score (nSPS) is 26.1. The Morgan fingerprint density at radius 2 is 1.83 bits per heavy atom. The molecule has 2 unspecified atom stereocenters. The fourth-order valence-corrected chi connectivity index (χ4v) is 5.27. The highest BCUT2D eigenvalue weighted by molar-refractivity contribution is 7.98. The zero-order chi connectivity index (χ0) is 21.5. The van der Waals surface area contributed by atoms with E-state index in [0.717, 1.165) is 17.0 Å². The summed E-state index contributed by atoms with van der Waals surface area (Å²) >= 11 is 1.69. The Labute approximate surface area is 182 Å². The van der Waals surface area contributed by atoms with Crippen molar-refractivity contribution in [2.45, 2.75) is 38.0 Å². The van der Waals surface area contributed by atoms with Gasteiger partial charge in [0.2, 0.25) is 0 Å². The van der Waals surface area contributed by atoms with Gasteiger partial charge in [-0.2, -0.15) is 0 Å². The van der Waals surface area contributed by atoms with Crippen LogP contribution < -0.4 is 5.32 Å². The number of allylic oxidation sites excluding steroid dienone is 3. The van der Waals surface area contributed by atoms with Crippen molar-refractivity contribution in [3.63, 3.8) is 0 Å². The number of Topliss-reactive ketones (excluding diaryl/α,β-unsaturated/α-hetero) is 1. The number of hydrogen-bond acceptors (Lipinski definition) is 5. The summed E-state index contributed by atoms with van der Waals surface area (Å²) in [6.45, 7) is 8.42. The van der Waals surface area contributed by atoms with E-state index in [2.05, 4.69) is 49.5 Å². The number of fused-ring (bicyclic) bond motifs is 1. The van der Waals surface area contributed by atoms with Gasteiger partial charge in [-0.05, 0) is 36.3 Å². The predicted molar refractivity (Wildman–Crippen MR) is 119 cm³/mol. The van der Waals surface area contributed by atoms with Gasteiger partial charge in [-0.1, -0.05) is 32.1 Å². The number of amides is 1. The molecule has 2 aliphatic heterocycles. The Balaban J connectivity index is 1.82. The van der Waals surface area contributed by atoms with Gasteiger partial charge < -0.3 is 15.0 Å². The first-order chi connectivity index (χ1) is 14.3. The van der Waals surface area contributed by atoms with Crippen LogP contribution in [0.5, 0.6) is 0 Å². The average Bonchev–Trinajstić information content (AvgIpc) is 2.72. The van der Waals surface area contributed by atoms with Gasteiger partial charge >= 0.3 is 0 Å². The monoisotopic (exact) mass is 426 g/mol. The highest BCUT2D eigenvalue weighted by Crippen LogP contribution is 2.47. The van der Waals surface area contributed by atoms with E-state index in [4.69, 9.17) is 4.74 Å². The molecule has 2 atom stereocenters. The zero-order valence-electron chi connectivity index (χ0n) is 18.2. The zero-order valence-corrected chi connectivity index (χ0v) is 19.0. The van der Waals surface area contributed by atoms with Gasteiger partial charge in [0.25, 0.3) is 5.91 Å². The number of ether oxygens (including phenoxy) is 1. The third kappa shape index (κ3) is 3.95. The van der Waals surface area contributed by atoms with Crippen LogP contribution in [0.2, 0.25) is 0 Å². The van der Waals surface area contributed by atoms with Crippen molar-refractivity contribution in [1.29, 1.82) is 0 Å². The van der Waals surface area contributed by atoms with Crippen LogP contribution in [-0.4, -0.2) is 49.1 Å². The second-order valence-corrected chi connectivity index (χ2v) is 9.91. The number of ketones is 1. The number of hydrogen-bond donors (Lipinski definition) is 1. The van der Waals surface area contributed by atoms with Gasteiger partial charge in [-0.15, -0.1) is 11.8 Å². The molecule has 1 amide bonds. The molecule has 6 heteroatoms. The summed E-state index contributed by atoms with van der Waals surface area (Å²) in [6, 6.07) is 8.31. The third-order valence-electron chi connectivity index (χ3n) is 6.24. The van der Waals surface area contributed by atoms with Crippen LogP contribution in [0.1, 0.15) is 38.7 Å². The van der Waals surface area contributed by atoms with Gasteiger partial charge in [0.1, 0.15) is 5.78 Å². The Morgan fingerprint density at radius 1 is 1.17 bits per heavy atom. The fourth-order valence-electron chi connectivity index (χ4n) is 4.86. The molecule has 3 aliphatic rings. The quantitative estimate of drug-likeness (QED) is 0.747. The first kappa shape index (κ1) is 21.2. The van der Waals surface area contributed by atoms with Crippen molar-refractivity contribution in [3.05, 3.63) is 52.9 Å². The molecular formula is C24H30N2O3S. The van der Waals surface area contributed by atoms with Crippen molar-refractivity contribution < 1.29 is 14.3 Å². The number of nitrogens with one attached hydrogen (secondary N) is 1. The maximum atomic E-state index is 13.6. The van der Waals surface area contributed by atoms with E-state index in [-0.39, 0.29) is 28.9 Å². The van der Waals surface area contributed by atoms with Gasteiger partial charge in [0, 0.05) is 47.3 Å². The molecule has 1 saturated heterocycles. The summed E-state index contributed by atoms with van der Waals surface area (Å²) in [5, 5.41) is 3.43. The minimum absolute atomic E-state index is 0.0129. The first-order valence-corrected chi connectivity index (χ1v) is 11.8. The molecule has 0 bridgehead atoms. The largest absolute Gasteiger partial charge is 0.378 e. The van der Waals surface area contributed by atoms with Crippen LogP contribution >= 0.6 is 11.8 Å². The summed E-state index contributed by atoms with van der Waals surface area (Å²) in [6.07, 6.45) is 4.71.